The second-order valence-electron chi connectivity index (χ2n) is 6.68. The van der Waals surface area contributed by atoms with Crippen LogP contribution in [0.4, 0.5) is 0 Å². The van der Waals surface area contributed by atoms with Crippen molar-refractivity contribution >= 4 is 5.91 Å². The summed E-state index contributed by atoms with van der Waals surface area (Å²) in [5.41, 5.74) is 2.78. The van der Waals surface area contributed by atoms with Crippen LogP contribution in [0, 0.1) is 6.92 Å². The Morgan fingerprint density at radius 3 is 2.71 bits per heavy atom. The van der Waals surface area contributed by atoms with Gasteiger partial charge in [0.05, 0.1) is 11.3 Å². The maximum atomic E-state index is 12.4. The van der Waals surface area contributed by atoms with E-state index in [0.29, 0.717) is 18.5 Å². The van der Waals surface area contributed by atoms with Crippen LogP contribution < -0.4 is 5.32 Å². The third-order valence-corrected chi connectivity index (χ3v) is 4.72. The van der Waals surface area contributed by atoms with Crippen molar-refractivity contribution < 1.29 is 9.90 Å². The van der Waals surface area contributed by atoms with Crippen LogP contribution in [0.2, 0.25) is 0 Å². The highest BCUT2D eigenvalue weighted by atomic mass is 16.3. The number of hydrogen-bond acceptors (Lipinski definition) is 3. The number of aliphatic hydroxyl groups is 1. The minimum absolute atomic E-state index is 0.105. The summed E-state index contributed by atoms with van der Waals surface area (Å²) in [4.78, 5) is 16.9. The summed E-state index contributed by atoms with van der Waals surface area (Å²) in [6, 6.07) is 13.4. The molecule has 126 valence electrons. The van der Waals surface area contributed by atoms with E-state index in [1.807, 2.05) is 43.3 Å². The molecule has 1 amide bonds. The summed E-state index contributed by atoms with van der Waals surface area (Å²) in [6.07, 6.45) is 4.47. The van der Waals surface area contributed by atoms with Crippen LogP contribution in [0.25, 0.3) is 11.3 Å². The number of hydrogen-bond donors (Lipinski definition) is 2. The van der Waals surface area contributed by atoms with Gasteiger partial charge in [-0.3, -0.25) is 9.78 Å². The predicted octanol–water partition coefficient (Wildman–Crippen LogP) is 3.48. The average molecular weight is 324 g/mol. The minimum Gasteiger partial charge on any atom is -0.390 e. The molecule has 1 aromatic carbocycles. The molecule has 4 nitrogen and oxygen atoms in total. The third kappa shape index (κ3) is 4.01. The fourth-order valence-electron chi connectivity index (χ4n) is 3.32. The van der Waals surface area contributed by atoms with Crippen LogP contribution in [0.3, 0.4) is 0 Å². The van der Waals surface area contributed by atoms with Gasteiger partial charge in [0.1, 0.15) is 0 Å². The molecule has 24 heavy (non-hydrogen) atoms. The third-order valence-electron chi connectivity index (χ3n) is 4.72. The Kier molecular flexibility index (Phi) is 4.95. The Labute approximate surface area is 142 Å². The molecule has 2 aromatic rings. The summed E-state index contributed by atoms with van der Waals surface area (Å²) in [6.45, 7) is 2.45. The lowest BCUT2D eigenvalue weighted by molar-refractivity contribution is 0.0389. The number of nitrogens with zero attached hydrogens (tertiary/aromatic N) is 1. The summed E-state index contributed by atoms with van der Waals surface area (Å²) in [5, 5.41) is 13.3. The first-order chi connectivity index (χ1) is 11.6. The van der Waals surface area contributed by atoms with Crippen molar-refractivity contribution in [3.63, 3.8) is 0 Å². The van der Waals surface area contributed by atoms with Crippen LogP contribution in [0.1, 0.15) is 48.2 Å². The van der Waals surface area contributed by atoms with Crippen LogP contribution >= 0.6 is 0 Å². The molecule has 1 aromatic heterocycles. The van der Waals surface area contributed by atoms with Gasteiger partial charge in [0.15, 0.2) is 0 Å². The Morgan fingerprint density at radius 2 is 1.96 bits per heavy atom. The number of aromatic nitrogens is 1. The second kappa shape index (κ2) is 7.14. The molecule has 0 bridgehead atoms. The summed E-state index contributed by atoms with van der Waals surface area (Å²) in [5.74, 6) is -0.105. The summed E-state index contributed by atoms with van der Waals surface area (Å²) < 4.78 is 0. The zero-order valence-electron chi connectivity index (χ0n) is 14.1. The highest BCUT2D eigenvalue weighted by molar-refractivity contribution is 5.95. The van der Waals surface area contributed by atoms with Gasteiger partial charge in [0.2, 0.25) is 0 Å². The average Bonchev–Trinajstić information content (AvgIpc) is 3.01. The van der Waals surface area contributed by atoms with Crippen molar-refractivity contribution in [2.75, 3.05) is 6.54 Å². The first-order valence-electron chi connectivity index (χ1n) is 8.60. The molecule has 0 atom stereocenters. The smallest absolute Gasteiger partial charge is 0.251 e. The van der Waals surface area contributed by atoms with E-state index >= 15 is 0 Å². The molecule has 0 aliphatic heterocycles. The van der Waals surface area contributed by atoms with Crippen LogP contribution in [0.5, 0.6) is 0 Å². The van der Waals surface area contributed by atoms with Crippen LogP contribution in [-0.4, -0.2) is 28.1 Å². The quantitative estimate of drug-likeness (QED) is 0.885. The number of aryl methyl sites for hydroxylation is 1. The van der Waals surface area contributed by atoms with Gasteiger partial charge in [0, 0.05) is 23.4 Å². The zero-order chi connectivity index (χ0) is 17.0. The lowest BCUT2D eigenvalue weighted by Gasteiger charge is -2.21. The predicted molar refractivity (Wildman–Crippen MR) is 94.8 cm³/mol. The Morgan fingerprint density at radius 1 is 1.21 bits per heavy atom. The van der Waals surface area contributed by atoms with E-state index in [1.54, 1.807) is 6.07 Å². The standard InChI is InChI=1S/C20H24N2O2/c1-15-6-4-9-18(22-15)16-7-5-8-17(14-16)19(23)21-13-12-20(24)10-2-3-11-20/h4-9,14,24H,2-3,10-13H2,1H3,(H,21,23). The molecule has 1 saturated carbocycles. The molecule has 1 aliphatic carbocycles. The van der Waals surface area contributed by atoms with E-state index < -0.39 is 5.60 Å². The number of carbonyl (C=O) groups excluding carboxylic acids is 1. The van der Waals surface area contributed by atoms with Gasteiger partial charge in [-0.15, -0.1) is 0 Å². The van der Waals surface area contributed by atoms with Crippen molar-refractivity contribution in [1.29, 1.82) is 0 Å². The van der Waals surface area contributed by atoms with E-state index in [-0.39, 0.29) is 5.91 Å². The fraction of sp³-hybridized carbons (Fsp3) is 0.400. The van der Waals surface area contributed by atoms with E-state index in [4.69, 9.17) is 0 Å². The Bertz CT molecular complexity index is 721. The van der Waals surface area contributed by atoms with E-state index in [9.17, 15) is 9.90 Å². The van der Waals surface area contributed by atoms with Crippen LogP contribution in [-0.2, 0) is 0 Å². The maximum absolute atomic E-state index is 12.4. The molecule has 1 aliphatic rings. The number of benzene rings is 1. The maximum Gasteiger partial charge on any atom is 0.251 e. The van der Waals surface area contributed by atoms with Gasteiger partial charge >= 0.3 is 0 Å². The molecule has 0 radical (unpaired) electrons. The van der Waals surface area contributed by atoms with E-state index in [2.05, 4.69) is 10.3 Å². The molecule has 3 rings (SSSR count). The van der Waals surface area contributed by atoms with Crippen molar-refractivity contribution in [2.45, 2.75) is 44.6 Å². The van der Waals surface area contributed by atoms with Gasteiger partial charge in [-0.1, -0.05) is 31.0 Å². The molecule has 2 N–H and O–H groups in total. The van der Waals surface area contributed by atoms with E-state index in [0.717, 1.165) is 42.6 Å². The molecular weight excluding hydrogens is 300 g/mol. The molecule has 1 fully saturated rings. The Balaban J connectivity index is 1.64. The normalized spacial score (nSPS) is 16.1. The highest BCUT2D eigenvalue weighted by Gasteiger charge is 2.30. The van der Waals surface area contributed by atoms with Crippen molar-refractivity contribution in [1.82, 2.24) is 10.3 Å². The highest BCUT2D eigenvalue weighted by Crippen LogP contribution is 2.31. The van der Waals surface area contributed by atoms with Gasteiger partial charge < -0.3 is 10.4 Å². The van der Waals surface area contributed by atoms with Crippen molar-refractivity contribution in [3.05, 3.63) is 53.7 Å². The molecule has 1 heterocycles. The molecular formula is C20H24N2O2. The first-order valence-corrected chi connectivity index (χ1v) is 8.60. The number of rotatable bonds is 5. The second-order valence-corrected chi connectivity index (χ2v) is 6.68. The van der Waals surface area contributed by atoms with Crippen molar-refractivity contribution in [2.24, 2.45) is 0 Å². The molecule has 4 heteroatoms. The van der Waals surface area contributed by atoms with Gasteiger partial charge in [-0.25, -0.2) is 0 Å². The minimum atomic E-state index is -0.583. The summed E-state index contributed by atoms with van der Waals surface area (Å²) in [7, 11) is 0. The fourth-order valence-corrected chi connectivity index (χ4v) is 3.32. The number of nitrogens with one attached hydrogen (secondary N) is 1. The lowest BCUT2D eigenvalue weighted by Crippen LogP contribution is -2.32. The van der Waals surface area contributed by atoms with Gasteiger partial charge in [-0.05, 0) is 50.5 Å². The van der Waals surface area contributed by atoms with Gasteiger partial charge in [-0.2, -0.15) is 0 Å². The van der Waals surface area contributed by atoms with Crippen molar-refractivity contribution in [3.8, 4) is 11.3 Å². The number of amides is 1. The van der Waals surface area contributed by atoms with Gasteiger partial charge in [0.25, 0.3) is 5.91 Å². The number of carbonyl (C=O) groups is 1. The zero-order valence-corrected chi connectivity index (χ0v) is 14.1. The summed E-state index contributed by atoms with van der Waals surface area (Å²) >= 11 is 0. The SMILES string of the molecule is Cc1cccc(-c2cccc(C(=O)NCCC3(O)CCCC3)c2)n1. The number of pyridine rings is 1. The molecule has 0 saturated heterocycles. The lowest BCUT2D eigenvalue weighted by atomic mass is 9.98. The topological polar surface area (TPSA) is 62.2 Å². The van der Waals surface area contributed by atoms with Crippen LogP contribution in [0.15, 0.2) is 42.5 Å². The molecule has 0 spiro atoms. The molecule has 0 unspecified atom stereocenters. The first kappa shape index (κ1) is 16.7. The monoisotopic (exact) mass is 324 g/mol. The largest absolute Gasteiger partial charge is 0.390 e. The Hall–Kier alpha value is -2.20. The van der Waals surface area contributed by atoms with E-state index in [1.165, 1.54) is 0 Å².